The van der Waals surface area contributed by atoms with Gasteiger partial charge in [-0.25, -0.2) is 4.79 Å². The number of hydrogen-bond acceptors (Lipinski definition) is 3. The van der Waals surface area contributed by atoms with Crippen LogP contribution in [-0.2, 0) is 13.0 Å². The normalized spacial score (nSPS) is 14.5. The molecule has 0 unspecified atom stereocenters. The Hall–Kier alpha value is -0.580. The molecule has 2 heterocycles. The Balaban J connectivity index is 0.000000845. The van der Waals surface area contributed by atoms with Crippen molar-refractivity contribution >= 4 is 29.7 Å². The van der Waals surface area contributed by atoms with Crippen molar-refractivity contribution in [1.29, 1.82) is 0 Å². The number of thiophene rings is 1. The van der Waals surface area contributed by atoms with Gasteiger partial charge < -0.3 is 10.4 Å². The quantitative estimate of drug-likeness (QED) is 0.753. The highest BCUT2D eigenvalue weighted by Gasteiger charge is 2.15. The molecule has 3 nitrogen and oxygen atoms in total. The molecular weight excluding hydrogens is 210 g/mol. The van der Waals surface area contributed by atoms with Gasteiger partial charge in [0.25, 0.3) is 0 Å². The van der Waals surface area contributed by atoms with E-state index in [2.05, 4.69) is 5.32 Å². The van der Waals surface area contributed by atoms with Gasteiger partial charge in [0.1, 0.15) is 4.88 Å². The second-order valence-corrected chi connectivity index (χ2v) is 3.93. The van der Waals surface area contributed by atoms with Crippen molar-refractivity contribution in [3.05, 3.63) is 21.4 Å². The third-order valence-corrected chi connectivity index (χ3v) is 3.13. The molecule has 0 radical (unpaired) electrons. The number of aromatic carboxylic acids is 1. The lowest BCUT2D eigenvalue weighted by Gasteiger charge is -2.10. The van der Waals surface area contributed by atoms with Crippen molar-refractivity contribution in [3.8, 4) is 0 Å². The minimum absolute atomic E-state index is 0. The number of nitrogens with one attached hydrogen (secondary N) is 1. The molecule has 0 saturated heterocycles. The highest BCUT2D eigenvalue weighted by atomic mass is 35.5. The number of fused-ring (bicyclic) bond motifs is 1. The molecule has 0 bridgehead atoms. The standard InChI is InChI=1S/C8H9NO2S.ClH/c10-8(11)6-3-5-1-2-9-4-7(5)12-6;/h3,9H,1-2,4H2,(H,10,11);1H. The third-order valence-electron chi connectivity index (χ3n) is 1.96. The van der Waals surface area contributed by atoms with Crippen molar-refractivity contribution in [2.24, 2.45) is 0 Å². The van der Waals surface area contributed by atoms with Crippen LogP contribution in [-0.4, -0.2) is 17.6 Å². The Morgan fingerprint density at radius 2 is 2.38 bits per heavy atom. The molecule has 0 atom stereocenters. The minimum Gasteiger partial charge on any atom is -0.477 e. The number of carboxylic acids is 1. The summed E-state index contributed by atoms with van der Waals surface area (Å²) in [4.78, 5) is 12.2. The zero-order chi connectivity index (χ0) is 8.55. The number of halogens is 1. The van der Waals surface area contributed by atoms with Gasteiger partial charge in [-0.1, -0.05) is 0 Å². The fourth-order valence-electron chi connectivity index (χ4n) is 1.36. The van der Waals surface area contributed by atoms with Crippen LogP contribution in [0.15, 0.2) is 6.07 Å². The molecule has 5 heteroatoms. The maximum atomic E-state index is 10.6. The topological polar surface area (TPSA) is 49.3 Å². The molecule has 13 heavy (non-hydrogen) atoms. The highest BCUT2D eigenvalue weighted by Crippen LogP contribution is 2.24. The van der Waals surface area contributed by atoms with E-state index in [1.807, 2.05) is 0 Å². The summed E-state index contributed by atoms with van der Waals surface area (Å²) < 4.78 is 0. The SMILES string of the molecule is Cl.O=C(O)c1cc2c(s1)CNCC2. The van der Waals surface area contributed by atoms with E-state index in [1.165, 1.54) is 21.8 Å². The van der Waals surface area contributed by atoms with Crippen LogP contribution >= 0.6 is 23.7 Å². The first-order valence-electron chi connectivity index (χ1n) is 3.83. The Bertz CT molecular complexity index is 300. The average Bonchev–Trinajstić information content (AvgIpc) is 2.46. The van der Waals surface area contributed by atoms with Crippen LogP contribution in [0.2, 0.25) is 0 Å². The lowest BCUT2D eigenvalue weighted by molar-refractivity contribution is 0.0702. The zero-order valence-corrected chi connectivity index (χ0v) is 8.50. The Morgan fingerprint density at radius 1 is 1.62 bits per heavy atom. The van der Waals surface area contributed by atoms with E-state index in [0.717, 1.165) is 19.5 Å². The Kier molecular flexibility index (Phi) is 3.30. The lowest BCUT2D eigenvalue weighted by atomic mass is 10.1. The van der Waals surface area contributed by atoms with Crippen LogP contribution in [0.25, 0.3) is 0 Å². The monoisotopic (exact) mass is 219 g/mol. The maximum Gasteiger partial charge on any atom is 0.345 e. The van der Waals surface area contributed by atoms with Gasteiger partial charge in [0.05, 0.1) is 0 Å². The van der Waals surface area contributed by atoms with Gasteiger partial charge >= 0.3 is 5.97 Å². The van der Waals surface area contributed by atoms with Gasteiger partial charge in [0.2, 0.25) is 0 Å². The number of hydrogen-bond donors (Lipinski definition) is 2. The maximum absolute atomic E-state index is 10.6. The summed E-state index contributed by atoms with van der Waals surface area (Å²) in [5.74, 6) is -0.811. The third kappa shape index (κ3) is 2.02. The molecule has 2 N–H and O–H groups in total. The second kappa shape index (κ2) is 4.09. The van der Waals surface area contributed by atoms with Crippen LogP contribution < -0.4 is 5.32 Å². The summed E-state index contributed by atoms with van der Waals surface area (Å²) in [6, 6.07) is 1.79. The first kappa shape index (κ1) is 10.5. The molecule has 0 saturated carbocycles. The van der Waals surface area contributed by atoms with Crippen LogP contribution in [0.4, 0.5) is 0 Å². The molecular formula is C8H10ClNO2S. The predicted octanol–water partition coefficient (Wildman–Crippen LogP) is 1.51. The molecule has 0 aromatic carbocycles. The second-order valence-electron chi connectivity index (χ2n) is 2.79. The molecule has 0 aliphatic carbocycles. The summed E-state index contributed by atoms with van der Waals surface area (Å²) >= 11 is 1.38. The molecule has 1 aliphatic rings. The first-order valence-corrected chi connectivity index (χ1v) is 4.64. The number of rotatable bonds is 1. The smallest absolute Gasteiger partial charge is 0.345 e. The molecule has 2 rings (SSSR count). The van der Waals surface area contributed by atoms with Crippen LogP contribution in [0.5, 0.6) is 0 Å². The van der Waals surface area contributed by atoms with Crippen molar-refractivity contribution in [2.75, 3.05) is 6.54 Å². The van der Waals surface area contributed by atoms with Gasteiger partial charge in [-0.15, -0.1) is 23.7 Å². The molecule has 72 valence electrons. The van der Waals surface area contributed by atoms with Crippen LogP contribution in [0, 0.1) is 0 Å². The number of carboxylic acid groups (broad SMARTS) is 1. The van der Waals surface area contributed by atoms with Crippen molar-refractivity contribution < 1.29 is 9.90 Å². The molecule has 1 aliphatic heterocycles. The summed E-state index contributed by atoms with van der Waals surface area (Å²) in [6.07, 6.45) is 0.957. The zero-order valence-electron chi connectivity index (χ0n) is 6.87. The van der Waals surface area contributed by atoms with Crippen molar-refractivity contribution in [2.45, 2.75) is 13.0 Å². The van der Waals surface area contributed by atoms with Crippen LogP contribution in [0.1, 0.15) is 20.1 Å². The van der Waals surface area contributed by atoms with Gasteiger partial charge in [0.15, 0.2) is 0 Å². The van der Waals surface area contributed by atoms with E-state index in [4.69, 9.17) is 5.11 Å². The number of carbonyl (C=O) groups is 1. The molecule has 0 spiro atoms. The first-order chi connectivity index (χ1) is 5.77. The Labute approximate surface area is 86.2 Å². The van der Waals surface area contributed by atoms with Gasteiger partial charge in [-0.05, 0) is 24.6 Å². The minimum atomic E-state index is -0.811. The Morgan fingerprint density at radius 3 is 3.00 bits per heavy atom. The van der Waals surface area contributed by atoms with E-state index in [0.29, 0.717) is 4.88 Å². The van der Waals surface area contributed by atoms with E-state index in [9.17, 15) is 4.79 Å². The summed E-state index contributed by atoms with van der Waals surface area (Å²) in [7, 11) is 0. The predicted molar refractivity (Wildman–Crippen MR) is 53.9 cm³/mol. The van der Waals surface area contributed by atoms with Crippen molar-refractivity contribution in [1.82, 2.24) is 5.32 Å². The molecule has 1 aromatic rings. The van der Waals surface area contributed by atoms with E-state index >= 15 is 0 Å². The highest BCUT2D eigenvalue weighted by molar-refractivity contribution is 7.14. The molecule has 1 aromatic heterocycles. The summed E-state index contributed by atoms with van der Waals surface area (Å²) in [6.45, 7) is 1.79. The van der Waals surface area contributed by atoms with E-state index in [1.54, 1.807) is 6.07 Å². The fraction of sp³-hybridized carbons (Fsp3) is 0.375. The summed E-state index contributed by atoms with van der Waals surface area (Å²) in [5, 5.41) is 11.9. The van der Waals surface area contributed by atoms with Gasteiger partial charge in [-0.3, -0.25) is 0 Å². The van der Waals surface area contributed by atoms with Crippen LogP contribution in [0.3, 0.4) is 0 Å². The largest absolute Gasteiger partial charge is 0.477 e. The fourth-order valence-corrected chi connectivity index (χ4v) is 2.38. The molecule has 0 fully saturated rings. The van der Waals surface area contributed by atoms with E-state index in [-0.39, 0.29) is 12.4 Å². The van der Waals surface area contributed by atoms with Crippen molar-refractivity contribution in [3.63, 3.8) is 0 Å². The summed E-state index contributed by atoms with van der Waals surface area (Å²) in [5.41, 5.74) is 1.20. The molecule has 0 amide bonds. The average molecular weight is 220 g/mol. The lowest BCUT2D eigenvalue weighted by Crippen LogP contribution is -2.21. The van der Waals surface area contributed by atoms with E-state index < -0.39 is 5.97 Å². The van der Waals surface area contributed by atoms with Gasteiger partial charge in [0, 0.05) is 11.4 Å². The van der Waals surface area contributed by atoms with Gasteiger partial charge in [-0.2, -0.15) is 0 Å².